The molecule has 2 aromatic rings. The van der Waals surface area contributed by atoms with Crippen LogP contribution in [0.15, 0.2) is 29.1 Å². The third-order valence-electron chi connectivity index (χ3n) is 3.36. The van der Waals surface area contributed by atoms with Gasteiger partial charge in [0.05, 0.1) is 36.9 Å². The molecule has 5 heteroatoms. The summed E-state index contributed by atoms with van der Waals surface area (Å²) in [6, 6.07) is 3.63. The van der Waals surface area contributed by atoms with Crippen LogP contribution in [0, 0.1) is 0 Å². The molecule has 0 aliphatic carbocycles. The summed E-state index contributed by atoms with van der Waals surface area (Å²) in [4.78, 5) is 18.3. The number of hydrogen-bond acceptors (Lipinski definition) is 3. The van der Waals surface area contributed by atoms with E-state index in [9.17, 15) is 4.79 Å². The Kier molecular flexibility index (Phi) is 2.66. The van der Waals surface area contributed by atoms with Crippen LogP contribution in [-0.2, 0) is 31.2 Å². The van der Waals surface area contributed by atoms with Gasteiger partial charge in [-0.05, 0) is 12.1 Å². The van der Waals surface area contributed by atoms with Gasteiger partial charge in [-0.3, -0.25) is 4.79 Å². The minimum absolute atomic E-state index is 0.108. The highest BCUT2D eigenvalue weighted by Crippen LogP contribution is 2.18. The SMILES string of the molecule is Cn1cnc2c1CN(C(=O)Cc1ccco1)CC2. The van der Waals surface area contributed by atoms with E-state index < -0.39 is 0 Å². The zero-order valence-electron chi connectivity index (χ0n) is 10.3. The number of hydrogen-bond donors (Lipinski definition) is 0. The van der Waals surface area contributed by atoms with Crippen molar-refractivity contribution in [2.45, 2.75) is 19.4 Å². The van der Waals surface area contributed by atoms with Gasteiger partial charge in [-0.2, -0.15) is 0 Å². The molecule has 0 unspecified atom stereocenters. The van der Waals surface area contributed by atoms with Crippen molar-refractivity contribution >= 4 is 5.91 Å². The molecule has 1 aliphatic heterocycles. The number of fused-ring (bicyclic) bond motifs is 1. The third-order valence-corrected chi connectivity index (χ3v) is 3.36. The van der Waals surface area contributed by atoms with Gasteiger partial charge in [0.25, 0.3) is 0 Å². The second-order valence-electron chi connectivity index (χ2n) is 4.57. The standard InChI is InChI=1S/C13H15N3O2/c1-15-9-14-11-4-5-16(8-12(11)15)13(17)7-10-3-2-6-18-10/h2-3,6,9H,4-5,7-8H2,1H3. The van der Waals surface area contributed by atoms with E-state index in [1.165, 1.54) is 0 Å². The van der Waals surface area contributed by atoms with Crippen LogP contribution in [0.5, 0.6) is 0 Å². The fraction of sp³-hybridized carbons (Fsp3) is 0.385. The Hall–Kier alpha value is -2.04. The quantitative estimate of drug-likeness (QED) is 0.797. The first-order valence-corrected chi connectivity index (χ1v) is 6.03. The van der Waals surface area contributed by atoms with Crippen LogP contribution < -0.4 is 0 Å². The number of nitrogens with zero attached hydrogens (tertiary/aromatic N) is 3. The number of carbonyl (C=O) groups excluding carboxylic acids is 1. The zero-order chi connectivity index (χ0) is 12.5. The summed E-state index contributed by atoms with van der Waals surface area (Å²) in [5, 5.41) is 0. The van der Waals surface area contributed by atoms with Crippen LogP contribution in [0.4, 0.5) is 0 Å². The molecule has 0 fully saturated rings. The zero-order valence-corrected chi connectivity index (χ0v) is 10.3. The molecule has 94 valence electrons. The summed E-state index contributed by atoms with van der Waals surface area (Å²) in [6.07, 6.45) is 4.57. The van der Waals surface area contributed by atoms with E-state index in [1.807, 2.05) is 28.9 Å². The first-order valence-electron chi connectivity index (χ1n) is 6.03. The molecular formula is C13H15N3O2. The molecule has 5 nitrogen and oxygen atoms in total. The van der Waals surface area contributed by atoms with Gasteiger partial charge in [0.2, 0.25) is 5.91 Å². The maximum Gasteiger partial charge on any atom is 0.230 e. The van der Waals surface area contributed by atoms with Gasteiger partial charge in [-0.1, -0.05) is 0 Å². The van der Waals surface area contributed by atoms with Crippen molar-refractivity contribution < 1.29 is 9.21 Å². The molecule has 0 N–H and O–H groups in total. The lowest BCUT2D eigenvalue weighted by Crippen LogP contribution is -2.37. The van der Waals surface area contributed by atoms with Gasteiger partial charge in [0, 0.05) is 20.0 Å². The van der Waals surface area contributed by atoms with E-state index >= 15 is 0 Å². The van der Waals surface area contributed by atoms with Gasteiger partial charge >= 0.3 is 0 Å². The lowest BCUT2D eigenvalue weighted by molar-refractivity contribution is -0.131. The Morgan fingerprint density at radius 2 is 2.44 bits per heavy atom. The molecule has 0 saturated heterocycles. The number of aromatic nitrogens is 2. The normalized spacial score (nSPS) is 14.6. The molecule has 0 radical (unpaired) electrons. The Morgan fingerprint density at radius 3 is 3.22 bits per heavy atom. The van der Waals surface area contributed by atoms with Crippen LogP contribution in [0.25, 0.3) is 0 Å². The van der Waals surface area contributed by atoms with Crippen LogP contribution >= 0.6 is 0 Å². The molecular weight excluding hydrogens is 230 g/mol. The minimum atomic E-state index is 0.108. The fourth-order valence-corrected chi connectivity index (χ4v) is 2.30. The molecule has 0 aromatic carbocycles. The highest BCUT2D eigenvalue weighted by Gasteiger charge is 2.23. The smallest absolute Gasteiger partial charge is 0.230 e. The Labute approximate surface area is 105 Å². The number of aryl methyl sites for hydroxylation is 1. The van der Waals surface area contributed by atoms with Crippen LogP contribution in [0.1, 0.15) is 17.1 Å². The van der Waals surface area contributed by atoms with Crippen molar-refractivity contribution in [3.05, 3.63) is 41.9 Å². The van der Waals surface area contributed by atoms with Gasteiger partial charge < -0.3 is 13.9 Å². The average Bonchev–Trinajstić information content (AvgIpc) is 3.00. The van der Waals surface area contributed by atoms with E-state index in [1.54, 1.807) is 12.3 Å². The maximum atomic E-state index is 12.1. The summed E-state index contributed by atoms with van der Waals surface area (Å²) >= 11 is 0. The van der Waals surface area contributed by atoms with Gasteiger partial charge in [0.1, 0.15) is 5.76 Å². The summed E-state index contributed by atoms with van der Waals surface area (Å²) in [5.74, 6) is 0.826. The summed E-state index contributed by atoms with van der Waals surface area (Å²) < 4.78 is 7.20. The average molecular weight is 245 g/mol. The minimum Gasteiger partial charge on any atom is -0.469 e. The maximum absolute atomic E-state index is 12.1. The molecule has 0 saturated carbocycles. The third kappa shape index (κ3) is 1.92. The van der Waals surface area contributed by atoms with Crippen molar-refractivity contribution in [2.75, 3.05) is 6.54 Å². The van der Waals surface area contributed by atoms with Crippen molar-refractivity contribution in [3.63, 3.8) is 0 Å². The number of imidazole rings is 1. The predicted molar refractivity (Wildman–Crippen MR) is 64.7 cm³/mol. The van der Waals surface area contributed by atoms with Gasteiger partial charge in [-0.25, -0.2) is 4.98 Å². The molecule has 0 spiro atoms. The molecule has 2 aromatic heterocycles. The lowest BCUT2D eigenvalue weighted by atomic mass is 10.1. The predicted octanol–water partition coefficient (Wildman–Crippen LogP) is 1.14. The Morgan fingerprint density at radius 1 is 1.56 bits per heavy atom. The first-order chi connectivity index (χ1) is 8.74. The highest BCUT2D eigenvalue weighted by atomic mass is 16.3. The first kappa shape index (κ1) is 11.1. The van der Waals surface area contributed by atoms with E-state index in [2.05, 4.69) is 4.98 Å². The Balaban J connectivity index is 1.72. The molecule has 0 bridgehead atoms. The lowest BCUT2D eigenvalue weighted by Gasteiger charge is -2.27. The van der Waals surface area contributed by atoms with Crippen molar-refractivity contribution in [1.82, 2.24) is 14.5 Å². The van der Waals surface area contributed by atoms with Crippen LogP contribution in [-0.4, -0.2) is 26.9 Å². The van der Waals surface area contributed by atoms with Crippen LogP contribution in [0.2, 0.25) is 0 Å². The highest BCUT2D eigenvalue weighted by molar-refractivity contribution is 5.78. The van der Waals surface area contributed by atoms with E-state index in [0.29, 0.717) is 13.0 Å². The second-order valence-corrected chi connectivity index (χ2v) is 4.57. The molecule has 0 atom stereocenters. The largest absolute Gasteiger partial charge is 0.469 e. The summed E-state index contributed by atoms with van der Waals surface area (Å²) in [7, 11) is 1.96. The van der Waals surface area contributed by atoms with E-state index in [4.69, 9.17) is 4.42 Å². The van der Waals surface area contributed by atoms with E-state index in [-0.39, 0.29) is 5.91 Å². The van der Waals surface area contributed by atoms with E-state index in [0.717, 1.165) is 30.1 Å². The monoisotopic (exact) mass is 245 g/mol. The fourth-order valence-electron chi connectivity index (χ4n) is 2.30. The summed E-state index contributed by atoms with van der Waals surface area (Å²) in [5.41, 5.74) is 2.24. The molecule has 1 aliphatic rings. The van der Waals surface area contributed by atoms with Crippen LogP contribution in [0.3, 0.4) is 0 Å². The van der Waals surface area contributed by atoms with Crippen molar-refractivity contribution in [2.24, 2.45) is 7.05 Å². The second kappa shape index (κ2) is 4.33. The number of carbonyl (C=O) groups is 1. The molecule has 3 heterocycles. The molecule has 3 rings (SSSR count). The number of rotatable bonds is 2. The molecule has 18 heavy (non-hydrogen) atoms. The van der Waals surface area contributed by atoms with Crippen molar-refractivity contribution in [3.8, 4) is 0 Å². The van der Waals surface area contributed by atoms with Crippen molar-refractivity contribution in [1.29, 1.82) is 0 Å². The van der Waals surface area contributed by atoms with Gasteiger partial charge in [0.15, 0.2) is 0 Å². The van der Waals surface area contributed by atoms with Gasteiger partial charge in [-0.15, -0.1) is 0 Å². The number of amides is 1. The topological polar surface area (TPSA) is 51.3 Å². The molecule has 1 amide bonds. The summed E-state index contributed by atoms with van der Waals surface area (Å²) in [6.45, 7) is 1.38. The Bertz CT molecular complexity index is 557. The number of furan rings is 1.